The van der Waals surface area contributed by atoms with Crippen LogP contribution in [0.1, 0.15) is 23.7 Å². The fourth-order valence-electron chi connectivity index (χ4n) is 2.58. The van der Waals surface area contributed by atoms with Crippen molar-refractivity contribution in [3.05, 3.63) is 40.5 Å². The van der Waals surface area contributed by atoms with Crippen LogP contribution < -0.4 is 10.6 Å². The molecule has 27 heavy (non-hydrogen) atoms. The van der Waals surface area contributed by atoms with E-state index in [0.29, 0.717) is 23.8 Å². The summed E-state index contributed by atoms with van der Waals surface area (Å²) in [4.78, 5) is 21.4. The zero-order valence-electron chi connectivity index (χ0n) is 15.2. The second kappa shape index (κ2) is 9.18. The highest BCUT2D eigenvalue weighted by atomic mass is 79.9. The number of anilines is 1. The van der Waals surface area contributed by atoms with Crippen molar-refractivity contribution in [2.75, 3.05) is 24.7 Å². The molecule has 0 aliphatic rings. The number of carbonyl (C=O) groups is 1. The summed E-state index contributed by atoms with van der Waals surface area (Å²) in [7, 11) is 0. The van der Waals surface area contributed by atoms with Crippen molar-refractivity contribution in [2.24, 2.45) is 0 Å². The van der Waals surface area contributed by atoms with E-state index in [2.05, 4.69) is 48.6 Å². The van der Waals surface area contributed by atoms with Crippen LogP contribution in [0.15, 0.2) is 40.1 Å². The van der Waals surface area contributed by atoms with Crippen LogP contribution in [0.4, 0.5) is 5.82 Å². The molecule has 0 saturated heterocycles. The van der Waals surface area contributed by atoms with E-state index < -0.39 is 0 Å². The van der Waals surface area contributed by atoms with Gasteiger partial charge in [-0.05, 0) is 40.7 Å². The fourth-order valence-corrected chi connectivity index (χ4v) is 3.41. The third-order valence-electron chi connectivity index (χ3n) is 3.93. The topological polar surface area (TPSA) is 84.7 Å². The van der Waals surface area contributed by atoms with Crippen LogP contribution in [0.25, 0.3) is 11.0 Å². The van der Waals surface area contributed by atoms with Gasteiger partial charge in [-0.1, -0.05) is 30.8 Å². The molecule has 1 aromatic carbocycles. The highest BCUT2D eigenvalue weighted by Crippen LogP contribution is 2.23. The number of aromatic nitrogens is 4. The lowest BCUT2D eigenvalue weighted by atomic mass is 10.2. The Morgan fingerprint density at radius 3 is 2.81 bits per heavy atom. The van der Waals surface area contributed by atoms with E-state index in [4.69, 9.17) is 0 Å². The van der Waals surface area contributed by atoms with Crippen LogP contribution in [0.2, 0.25) is 0 Å². The summed E-state index contributed by atoms with van der Waals surface area (Å²) in [5.74, 6) is 0.679. The molecule has 9 heteroatoms. The van der Waals surface area contributed by atoms with Gasteiger partial charge in [-0.25, -0.2) is 14.6 Å². The number of amides is 1. The van der Waals surface area contributed by atoms with E-state index in [1.165, 1.54) is 11.8 Å². The molecule has 142 valence electrons. The minimum atomic E-state index is -0.122. The standard InChI is InChI=1S/C18H21BrN6OS/c1-3-8-20-15-13-11-22-25(16(13)24-18(23-15)27-2)10-9-21-17(26)12-6-4-5-7-14(12)19/h4-7,11H,3,8-10H2,1-2H3,(H,21,26)(H,20,23,24). The number of rotatable bonds is 8. The Bertz CT molecular complexity index is 945. The van der Waals surface area contributed by atoms with Gasteiger partial charge in [-0.3, -0.25) is 4.79 Å². The maximum Gasteiger partial charge on any atom is 0.252 e. The molecule has 0 saturated carbocycles. The number of thioether (sulfide) groups is 1. The summed E-state index contributed by atoms with van der Waals surface area (Å²) in [5, 5.41) is 12.3. The summed E-state index contributed by atoms with van der Waals surface area (Å²) < 4.78 is 2.57. The van der Waals surface area contributed by atoms with Gasteiger partial charge < -0.3 is 10.6 Å². The van der Waals surface area contributed by atoms with Crippen molar-refractivity contribution in [2.45, 2.75) is 25.0 Å². The first-order valence-electron chi connectivity index (χ1n) is 8.68. The van der Waals surface area contributed by atoms with Gasteiger partial charge in [0, 0.05) is 17.6 Å². The van der Waals surface area contributed by atoms with Crippen molar-refractivity contribution in [1.82, 2.24) is 25.1 Å². The molecule has 7 nitrogen and oxygen atoms in total. The Morgan fingerprint density at radius 1 is 1.26 bits per heavy atom. The maximum atomic E-state index is 12.3. The molecule has 0 spiro atoms. The summed E-state index contributed by atoms with van der Waals surface area (Å²) in [5.41, 5.74) is 1.38. The van der Waals surface area contributed by atoms with Gasteiger partial charge in [0.2, 0.25) is 0 Å². The number of fused-ring (bicyclic) bond motifs is 1. The zero-order chi connectivity index (χ0) is 19.2. The van der Waals surface area contributed by atoms with E-state index in [1.807, 2.05) is 24.5 Å². The second-order valence-corrected chi connectivity index (χ2v) is 7.45. The molecule has 2 heterocycles. The number of carbonyl (C=O) groups excluding carboxylic acids is 1. The number of benzene rings is 1. The van der Waals surface area contributed by atoms with Crippen molar-refractivity contribution in [3.63, 3.8) is 0 Å². The van der Waals surface area contributed by atoms with Gasteiger partial charge in [0.25, 0.3) is 5.91 Å². The van der Waals surface area contributed by atoms with Gasteiger partial charge in [0.1, 0.15) is 5.82 Å². The molecule has 0 unspecified atom stereocenters. The number of nitrogens with one attached hydrogen (secondary N) is 2. The lowest BCUT2D eigenvalue weighted by Gasteiger charge is -2.09. The van der Waals surface area contributed by atoms with E-state index in [-0.39, 0.29) is 5.91 Å². The van der Waals surface area contributed by atoms with Crippen molar-refractivity contribution in [3.8, 4) is 0 Å². The fraction of sp³-hybridized carbons (Fsp3) is 0.333. The Morgan fingerprint density at radius 2 is 2.07 bits per heavy atom. The molecule has 3 rings (SSSR count). The van der Waals surface area contributed by atoms with Crippen molar-refractivity contribution < 1.29 is 4.79 Å². The van der Waals surface area contributed by atoms with Crippen LogP contribution in [0.5, 0.6) is 0 Å². The van der Waals surface area contributed by atoms with Crippen LogP contribution in [0.3, 0.4) is 0 Å². The van der Waals surface area contributed by atoms with E-state index in [9.17, 15) is 4.79 Å². The molecule has 2 N–H and O–H groups in total. The molecule has 1 amide bonds. The van der Waals surface area contributed by atoms with Gasteiger partial charge in [0.15, 0.2) is 10.8 Å². The molecule has 2 aromatic heterocycles. The SMILES string of the molecule is CCCNc1nc(SC)nc2c1cnn2CCNC(=O)c1ccccc1Br. The second-order valence-electron chi connectivity index (χ2n) is 5.83. The molecule has 0 aliphatic heterocycles. The van der Waals surface area contributed by atoms with Gasteiger partial charge in [-0.15, -0.1) is 0 Å². The molecule has 0 bridgehead atoms. The Hall–Kier alpha value is -2.13. The van der Waals surface area contributed by atoms with Crippen molar-refractivity contribution >= 4 is 50.5 Å². The third kappa shape index (κ3) is 4.59. The largest absolute Gasteiger partial charge is 0.369 e. The summed E-state index contributed by atoms with van der Waals surface area (Å²) in [6.45, 7) is 3.93. The van der Waals surface area contributed by atoms with Crippen LogP contribution in [-0.4, -0.2) is 45.0 Å². The predicted octanol–water partition coefficient (Wildman–Crippen LogP) is 3.56. The van der Waals surface area contributed by atoms with E-state index in [1.54, 1.807) is 16.9 Å². The predicted molar refractivity (Wildman–Crippen MR) is 112 cm³/mol. The van der Waals surface area contributed by atoms with Gasteiger partial charge in [-0.2, -0.15) is 5.10 Å². The summed E-state index contributed by atoms with van der Waals surface area (Å²) >= 11 is 4.89. The minimum Gasteiger partial charge on any atom is -0.369 e. The first-order chi connectivity index (χ1) is 13.1. The molecule has 0 fully saturated rings. The number of nitrogens with zero attached hydrogens (tertiary/aromatic N) is 4. The Balaban J connectivity index is 1.73. The average molecular weight is 449 g/mol. The molecule has 3 aromatic rings. The lowest BCUT2D eigenvalue weighted by molar-refractivity contribution is 0.0951. The van der Waals surface area contributed by atoms with Gasteiger partial charge in [0.05, 0.1) is 23.7 Å². The first kappa shape index (κ1) is 19.6. The summed E-state index contributed by atoms with van der Waals surface area (Å²) in [6, 6.07) is 7.35. The highest BCUT2D eigenvalue weighted by molar-refractivity contribution is 9.10. The zero-order valence-corrected chi connectivity index (χ0v) is 17.6. The number of halogens is 1. The number of hydrogen-bond acceptors (Lipinski definition) is 6. The minimum absolute atomic E-state index is 0.122. The molecular weight excluding hydrogens is 428 g/mol. The quantitative estimate of drug-likeness (QED) is 0.404. The van der Waals surface area contributed by atoms with Crippen molar-refractivity contribution in [1.29, 1.82) is 0 Å². The maximum absolute atomic E-state index is 12.3. The molecule has 0 radical (unpaired) electrons. The number of hydrogen-bond donors (Lipinski definition) is 2. The van der Waals surface area contributed by atoms with E-state index >= 15 is 0 Å². The third-order valence-corrected chi connectivity index (χ3v) is 5.17. The van der Waals surface area contributed by atoms with Crippen LogP contribution in [0, 0.1) is 0 Å². The first-order valence-corrected chi connectivity index (χ1v) is 10.7. The average Bonchev–Trinajstić information content (AvgIpc) is 3.09. The molecule has 0 aliphatic carbocycles. The summed E-state index contributed by atoms with van der Waals surface area (Å²) in [6.07, 6.45) is 4.73. The smallest absolute Gasteiger partial charge is 0.252 e. The monoisotopic (exact) mass is 448 g/mol. The Kier molecular flexibility index (Phi) is 6.68. The highest BCUT2D eigenvalue weighted by Gasteiger charge is 2.13. The molecular formula is C18H21BrN6OS. The van der Waals surface area contributed by atoms with Crippen LogP contribution >= 0.6 is 27.7 Å². The molecule has 0 atom stereocenters. The normalized spacial score (nSPS) is 10.9. The Labute approximate surface area is 170 Å². The van der Waals surface area contributed by atoms with Gasteiger partial charge >= 0.3 is 0 Å². The lowest BCUT2D eigenvalue weighted by Crippen LogP contribution is -2.27. The van der Waals surface area contributed by atoms with Crippen LogP contribution in [-0.2, 0) is 6.54 Å². The van der Waals surface area contributed by atoms with E-state index in [0.717, 1.165) is 34.3 Å².